The van der Waals surface area contributed by atoms with Gasteiger partial charge in [0.15, 0.2) is 57.5 Å². The van der Waals surface area contributed by atoms with Crippen LogP contribution in [0.3, 0.4) is 0 Å². The number of fused-ring (bicyclic) bond motifs is 6. The molecule has 25 heteroatoms. The fourth-order valence-electron chi connectivity index (χ4n) is 18.3. The average Bonchev–Trinajstić information content (AvgIpc) is 0.734. The third-order valence-corrected chi connectivity index (χ3v) is 25.6. The molecule has 4 heterocycles. The number of hydrogen-bond donors (Lipinski definition) is 3. The molecule has 0 saturated heterocycles. The second-order valence-electron chi connectivity index (χ2n) is 31.8. The van der Waals surface area contributed by atoms with Crippen molar-refractivity contribution in [3.05, 3.63) is 324 Å². The normalized spacial score (nSPS) is 15.9. The summed E-state index contributed by atoms with van der Waals surface area (Å²) >= 11 is 15.7. The monoisotopic (exact) mass is 1890 g/mol. The van der Waals surface area contributed by atoms with E-state index in [-0.39, 0.29) is 47.0 Å². The van der Waals surface area contributed by atoms with Gasteiger partial charge in [-0.05, 0) is 136 Å². The summed E-state index contributed by atoms with van der Waals surface area (Å²) in [7, 11) is 26.0. The van der Waals surface area contributed by atoms with E-state index in [1.807, 2.05) is 60.5 Å². The summed E-state index contributed by atoms with van der Waals surface area (Å²) < 4.78 is 113. The van der Waals surface area contributed by atoms with Crippen LogP contribution in [0.4, 0.5) is 31.5 Å². The first-order valence-corrected chi connectivity index (χ1v) is 44.0. The lowest BCUT2D eigenvalue weighted by Gasteiger charge is -2.37. The third kappa shape index (κ3) is 19.5. The molecule has 17 rings (SSSR count). The number of methoxy groups -OCH3 is 15. The van der Waals surface area contributed by atoms with E-state index in [0.717, 1.165) is 107 Å². The second-order valence-corrected chi connectivity index (χ2v) is 33.6. The van der Waals surface area contributed by atoms with Gasteiger partial charge in [0.1, 0.15) is 17.4 Å². The van der Waals surface area contributed by atoms with Gasteiger partial charge in [0.05, 0.1) is 122 Å². The number of halogens is 5. The number of carbonyl (C=O) groups excluding carboxylic acids is 1. The predicted molar refractivity (Wildman–Crippen MR) is 525 cm³/mol. The van der Waals surface area contributed by atoms with Crippen LogP contribution in [0.25, 0.3) is 21.9 Å². The van der Waals surface area contributed by atoms with Crippen molar-refractivity contribution in [2.75, 3.05) is 135 Å². The number of benzene rings is 12. The van der Waals surface area contributed by atoms with Crippen molar-refractivity contribution in [2.45, 2.75) is 75.0 Å². The molecule has 0 bridgehead atoms. The summed E-state index contributed by atoms with van der Waals surface area (Å²) in [5.74, 6) is 8.20. The molecule has 12 aromatic carbocycles. The number of nitrogens with zero attached hydrogens (tertiary/aromatic N) is 1. The molecule has 5 aliphatic rings. The molecule has 0 amide bonds. The molecule has 5 unspecified atom stereocenters. The first kappa shape index (κ1) is 96.2. The molecule has 4 aliphatic heterocycles. The van der Waals surface area contributed by atoms with E-state index in [4.69, 9.17) is 94.3 Å². The van der Waals surface area contributed by atoms with Crippen LogP contribution in [0.2, 0.25) is 10.0 Å². The van der Waals surface area contributed by atoms with Gasteiger partial charge in [0.2, 0.25) is 28.7 Å². The zero-order chi connectivity index (χ0) is 94.6. The maximum atomic E-state index is 14.7. The lowest BCUT2D eigenvalue weighted by molar-refractivity contribution is -0.119. The number of carbonyl (C=O) groups is 1. The van der Waals surface area contributed by atoms with Gasteiger partial charge in [-0.3, -0.25) is 4.79 Å². The van der Waals surface area contributed by atoms with E-state index < -0.39 is 0 Å². The van der Waals surface area contributed by atoms with Crippen molar-refractivity contribution in [1.29, 1.82) is 0 Å². The summed E-state index contributed by atoms with van der Waals surface area (Å²) in [6, 6.07) is 59.0. The molecule has 5 atom stereocenters. The highest BCUT2D eigenvalue weighted by Gasteiger charge is 2.40. The van der Waals surface area contributed by atoms with E-state index in [2.05, 4.69) is 149 Å². The minimum Gasteiger partial charge on any atom is -0.493 e. The smallest absolute Gasteiger partial charge is 0.203 e. The Kier molecular flexibility index (Phi) is 31.1. The highest BCUT2D eigenvalue weighted by atomic mass is 79.9. The predicted octanol–water partition coefficient (Wildman–Crippen LogP) is 25.6. The molecule has 0 fully saturated rings. The fourth-order valence-corrected chi connectivity index (χ4v) is 19.0. The largest absolute Gasteiger partial charge is 0.493 e. The van der Waals surface area contributed by atoms with Crippen molar-refractivity contribution in [2.24, 2.45) is 0 Å². The Morgan fingerprint density at radius 3 is 1.28 bits per heavy atom. The van der Waals surface area contributed by atoms with Crippen LogP contribution in [-0.4, -0.2) is 119 Å². The van der Waals surface area contributed by atoms with Gasteiger partial charge in [-0.2, -0.15) is 0 Å². The van der Waals surface area contributed by atoms with Crippen LogP contribution in [0.5, 0.6) is 86.2 Å². The maximum Gasteiger partial charge on any atom is 0.203 e. The summed E-state index contributed by atoms with van der Waals surface area (Å²) in [4.78, 5) is 14.3. The lowest BCUT2D eigenvalue weighted by Crippen LogP contribution is -2.26. The van der Waals surface area contributed by atoms with Gasteiger partial charge in [0.25, 0.3) is 0 Å². The molecule has 688 valence electrons. The number of hydrogen-bond acceptors (Lipinski definition) is 20. The summed E-state index contributed by atoms with van der Waals surface area (Å²) in [5.41, 5.74) is 21.0. The van der Waals surface area contributed by atoms with E-state index in [1.54, 1.807) is 144 Å². The van der Waals surface area contributed by atoms with E-state index in [9.17, 15) is 13.6 Å². The first-order chi connectivity index (χ1) is 63.7. The Hall–Kier alpha value is -13.4. The van der Waals surface area contributed by atoms with Crippen LogP contribution >= 0.6 is 39.1 Å². The summed E-state index contributed by atoms with van der Waals surface area (Å²) in [6.45, 7) is 18.4. The van der Waals surface area contributed by atoms with E-state index in [0.29, 0.717) is 133 Å². The Labute approximate surface area is 789 Å². The Bertz CT molecular complexity index is 6230. The molecule has 3 N–H and O–H groups in total. The fraction of sp³-hybridized carbons (Fsp3) is 0.262. The minimum absolute atomic E-state index is 0.00766. The third-order valence-electron chi connectivity index (χ3n) is 24.4. The van der Waals surface area contributed by atoms with Crippen LogP contribution in [0.15, 0.2) is 236 Å². The lowest BCUT2D eigenvalue weighted by atomic mass is 9.77. The number of allylic oxidation sites excluding steroid dienone is 4. The first-order valence-electron chi connectivity index (χ1n) is 42.5. The highest BCUT2D eigenvalue weighted by molar-refractivity contribution is 9.10. The van der Waals surface area contributed by atoms with Gasteiger partial charge >= 0.3 is 0 Å². The van der Waals surface area contributed by atoms with Gasteiger partial charge in [-0.25, -0.2) is 8.78 Å². The molecule has 0 radical (unpaired) electrons. The SMILES string of the molecule is C=C1CC(c2cc(Br)ccc2F)c2c(cc(OC)c(OC)c2OC)N1C.C=C1CC(c2ccc(Cl)c(Cl)c2)c2c(cc(OC)c(OC)c2OC)N1.C=C1CC(c2cccc(-c3ccccc3)c2)c2c(cc(OC)c(OC)c2OC)N1.C=C1CC(c2cccc3ccccc23)c2c(cc(OC)c(OC)c2OC)N1.COc1cc2c(c(OC)c1OC)C(c1ccc(F)c(C)c1)CC(=O)C2. The van der Waals surface area contributed by atoms with Crippen LogP contribution in [0, 0.1) is 18.6 Å². The maximum absolute atomic E-state index is 14.7. The number of ketones is 1. The number of Topliss-reactive ketones (excluding diaryl/α,β-unsaturated/α-hetero) is 1. The number of ether oxygens (including phenoxy) is 15. The van der Waals surface area contributed by atoms with E-state index >= 15 is 0 Å². The van der Waals surface area contributed by atoms with E-state index in [1.165, 1.54) is 45.2 Å². The Balaban J connectivity index is 0.000000140. The molecular weight excluding hydrogens is 1790 g/mol. The molecule has 1 aliphatic carbocycles. The van der Waals surface area contributed by atoms with Crippen molar-refractivity contribution >= 4 is 78.4 Å². The highest BCUT2D eigenvalue weighted by Crippen LogP contribution is 2.59. The minimum atomic E-state index is -0.265. The standard InChI is InChI=1S/C25H25NO3.C23H23NO3.C20H21BrFNO3.C20H21FO4.C19H19Cl2NO3/c1-16-13-20(19-12-8-11-18(14-19)17-9-6-5-7-10-17)23-21(26-16)15-22(27-2)24(28-3)25(23)29-4;1-14-12-18(17-11-7-9-15-8-5-6-10-16(15)17)21-19(24-14)13-20(25-2)22(26-3)23(21)27-4;1-11-8-14(13-9-12(21)6-7-15(13)22)18-16(23(11)2)10-17(24-3)19(25-4)20(18)26-5;1-11-7-12(5-6-16(11)21)15-10-14(22)8-13-9-17(23-2)19(24-3)20(25-4)18(13)15;1-10-7-12(11-5-6-13(20)14(21)8-11)17-15(22-10)9-16(23-2)18(24-3)19(17)25-4/h5-12,14-15,20,26H,1,13H2,2-4H3;5-11,13,18,24H,1,12H2,2-4H3;6-7,9-10,14H,1,8H2,2-5H3;5-7,9,15H,8,10H2,1-4H3;5-6,8-9,12,22H,1,7H2,2-4H3. The second kappa shape index (κ2) is 42.7. The topological polar surface area (TPSA) is 195 Å². The van der Waals surface area contributed by atoms with Crippen molar-refractivity contribution < 1.29 is 84.6 Å². The van der Waals surface area contributed by atoms with Gasteiger partial charge in [-0.1, -0.05) is 181 Å². The zero-order valence-electron chi connectivity index (χ0n) is 77.1. The van der Waals surface area contributed by atoms with Crippen LogP contribution < -0.4 is 91.9 Å². The molecule has 0 spiro atoms. The molecule has 12 aromatic rings. The van der Waals surface area contributed by atoms with Gasteiger partial charge in [-0.15, -0.1) is 0 Å². The molecular formula is C107H109BrCl2F2N4O16. The molecule has 132 heavy (non-hydrogen) atoms. The summed E-state index contributed by atoms with van der Waals surface area (Å²) in [5, 5.41) is 13.6. The number of rotatable bonds is 21. The van der Waals surface area contributed by atoms with Crippen LogP contribution in [-0.2, 0) is 11.2 Å². The number of anilines is 4. The van der Waals surface area contributed by atoms with Gasteiger partial charge in [0, 0.05) is 146 Å². The molecule has 0 aromatic heterocycles. The number of aryl methyl sites for hydroxylation is 1. The number of nitrogens with one attached hydrogen (secondary N) is 3. The van der Waals surface area contributed by atoms with Crippen molar-refractivity contribution in [3.63, 3.8) is 0 Å². The van der Waals surface area contributed by atoms with Crippen molar-refractivity contribution in [3.8, 4) is 97.4 Å². The van der Waals surface area contributed by atoms with Crippen molar-refractivity contribution in [1.82, 2.24) is 0 Å². The Morgan fingerprint density at radius 1 is 0.364 bits per heavy atom. The molecule has 20 nitrogen and oxygen atoms in total. The Morgan fingerprint density at radius 2 is 0.773 bits per heavy atom. The zero-order valence-corrected chi connectivity index (χ0v) is 80.2. The van der Waals surface area contributed by atoms with Gasteiger partial charge < -0.3 is 91.9 Å². The summed E-state index contributed by atoms with van der Waals surface area (Å²) in [6.07, 6.45) is 3.51. The average molecular weight is 1900 g/mol. The molecule has 0 saturated carbocycles. The van der Waals surface area contributed by atoms with Crippen LogP contribution in [0.1, 0.15) is 128 Å². The quantitative estimate of drug-likeness (QED) is 0.0614.